The maximum Gasteiger partial charge on any atom is 0.255 e. The molecule has 0 aromatic heterocycles. The fourth-order valence-electron chi connectivity index (χ4n) is 2.85. The van der Waals surface area contributed by atoms with Crippen LogP contribution in [0, 0.1) is 5.92 Å². The summed E-state index contributed by atoms with van der Waals surface area (Å²) in [5.41, 5.74) is 6.87. The molecule has 4 nitrogen and oxygen atoms in total. The van der Waals surface area contributed by atoms with Gasteiger partial charge in [0.05, 0.1) is 12.7 Å². The standard InChI is InChI=1S/C16H24N2O2/c1-11-6-4-3-5-7-14(11)18-16(19)13-9-8-12(17)10-15(13)20-2/h8-11,14H,3-7,17H2,1-2H3,(H,18,19). The van der Waals surface area contributed by atoms with Crippen LogP contribution < -0.4 is 15.8 Å². The van der Waals surface area contributed by atoms with E-state index in [1.807, 2.05) is 0 Å². The molecule has 0 bridgehead atoms. The summed E-state index contributed by atoms with van der Waals surface area (Å²) in [5.74, 6) is 0.991. The molecule has 1 aliphatic carbocycles. The van der Waals surface area contributed by atoms with Crippen LogP contribution >= 0.6 is 0 Å². The van der Waals surface area contributed by atoms with E-state index in [0.717, 1.165) is 6.42 Å². The van der Waals surface area contributed by atoms with E-state index >= 15 is 0 Å². The van der Waals surface area contributed by atoms with Gasteiger partial charge in [0.2, 0.25) is 0 Å². The van der Waals surface area contributed by atoms with Crippen LogP contribution in [0.25, 0.3) is 0 Å². The molecule has 1 aromatic rings. The molecule has 0 aliphatic heterocycles. The van der Waals surface area contributed by atoms with E-state index < -0.39 is 0 Å². The van der Waals surface area contributed by atoms with E-state index in [1.165, 1.54) is 25.7 Å². The first kappa shape index (κ1) is 14.7. The number of rotatable bonds is 3. The number of carbonyl (C=O) groups is 1. The van der Waals surface area contributed by atoms with Crippen LogP contribution in [0.3, 0.4) is 0 Å². The molecule has 1 saturated carbocycles. The van der Waals surface area contributed by atoms with Crippen molar-refractivity contribution >= 4 is 11.6 Å². The molecule has 2 atom stereocenters. The molecule has 1 aliphatic rings. The Morgan fingerprint density at radius 2 is 2.05 bits per heavy atom. The molecule has 1 fully saturated rings. The minimum absolute atomic E-state index is 0.0689. The zero-order chi connectivity index (χ0) is 14.5. The lowest BCUT2D eigenvalue weighted by Gasteiger charge is -2.23. The third kappa shape index (κ3) is 3.44. The average molecular weight is 276 g/mol. The number of benzene rings is 1. The zero-order valence-electron chi connectivity index (χ0n) is 12.3. The van der Waals surface area contributed by atoms with Gasteiger partial charge in [-0.05, 0) is 30.9 Å². The lowest BCUT2D eigenvalue weighted by Crippen LogP contribution is -2.39. The van der Waals surface area contributed by atoms with Gasteiger partial charge in [-0.15, -0.1) is 0 Å². The predicted octanol–water partition coefficient (Wildman–Crippen LogP) is 2.98. The molecule has 0 saturated heterocycles. The molecule has 2 rings (SSSR count). The summed E-state index contributed by atoms with van der Waals surface area (Å²) in [4.78, 5) is 12.4. The van der Waals surface area contributed by atoms with Gasteiger partial charge in [-0.25, -0.2) is 0 Å². The van der Waals surface area contributed by atoms with Gasteiger partial charge in [-0.3, -0.25) is 4.79 Å². The van der Waals surface area contributed by atoms with Gasteiger partial charge in [0.25, 0.3) is 5.91 Å². The highest BCUT2D eigenvalue weighted by molar-refractivity contribution is 5.97. The second-order valence-electron chi connectivity index (χ2n) is 5.65. The van der Waals surface area contributed by atoms with Crippen molar-refractivity contribution in [2.75, 3.05) is 12.8 Å². The summed E-state index contributed by atoms with van der Waals surface area (Å²) in [6, 6.07) is 5.40. The Labute approximate surface area is 120 Å². The van der Waals surface area contributed by atoms with Gasteiger partial charge < -0.3 is 15.8 Å². The van der Waals surface area contributed by atoms with Crippen molar-refractivity contribution in [1.29, 1.82) is 0 Å². The second-order valence-corrected chi connectivity index (χ2v) is 5.65. The second kappa shape index (κ2) is 6.64. The number of anilines is 1. The third-order valence-electron chi connectivity index (χ3n) is 4.15. The number of carbonyl (C=O) groups excluding carboxylic acids is 1. The smallest absolute Gasteiger partial charge is 0.255 e. The Kier molecular flexibility index (Phi) is 4.88. The minimum atomic E-state index is -0.0689. The summed E-state index contributed by atoms with van der Waals surface area (Å²) in [6.45, 7) is 2.22. The highest BCUT2D eigenvalue weighted by atomic mass is 16.5. The SMILES string of the molecule is COc1cc(N)ccc1C(=O)NC1CCCCCC1C. The molecule has 0 radical (unpaired) electrons. The van der Waals surface area contributed by atoms with Crippen LogP contribution in [0.2, 0.25) is 0 Å². The Hall–Kier alpha value is -1.71. The number of nitrogens with one attached hydrogen (secondary N) is 1. The Balaban J connectivity index is 2.11. The van der Waals surface area contributed by atoms with Crippen LogP contribution in [0.15, 0.2) is 18.2 Å². The number of ether oxygens (including phenoxy) is 1. The number of hydrogen-bond donors (Lipinski definition) is 2. The summed E-state index contributed by atoms with van der Waals surface area (Å²) >= 11 is 0. The third-order valence-corrected chi connectivity index (χ3v) is 4.15. The summed E-state index contributed by atoms with van der Waals surface area (Å²) in [5, 5.41) is 3.16. The van der Waals surface area contributed by atoms with Gasteiger partial charge in [0.1, 0.15) is 5.75 Å². The minimum Gasteiger partial charge on any atom is -0.496 e. The van der Waals surface area contributed by atoms with Gasteiger partial charge >= 0.3 is 0 Å². The van der Waals surface area contributed by atoms with Crippen molar-refractivity contribution in [2.45, 2.75) is 45.1 Å². The number of amides is 1. The summed E-state index contributed by atoms with van der Waals surface area (Å²) in [7, 11) is 1.56. The van der Waals surface area contributed by atoms with Gasteiger partial charge in [0.15, 0.2) is 0 Å². The molecule has 20 heavy (non-hydrogen) atoms. The molecule has 4 heteroatoms. The lowest BCUT2D eigenvalue weighted by molar-refractivity contribution is 0.0918. The largest absolute Gasteiger partial charge is 0.496 e. The van der Waals surface area contributed by atoms with Crippen molar-refractivity contribution in [2.24, 2.45) is 5.92 Å². The fourth-order valence-corrected chi connectivity index (χ4v) is 2.85. The zero-order valence-corrected chi connectivity index (χ0v) is 12.3. The monoisotopic (exact) mass is 276 g/mol. The Morgan fingerprint density at radius 3 is 2.80 bits per heavy atom. The topological polar surface area (TPSA) is 64.3 Å². The van der Waals surface area contributed by atoms with Crippen LogP contribution in [-0.4, -0.2) is 19.1 Å². The summed E-state index contributed by atoms with van der Waals surface area (Å²) < 4.78 is 5.25. The lowest BCUT2D eigenvalue weighted by atomic mass is 9.96. The average Bonchev–Trinajstić information content (AvgIpc) is 2.64. The maximum absolute atomic E-state index is 12.4. The first-order valence-electron chi connectivity index (χ1n) is 7.36. The molecular formula is C16H24N2O2. The molecule has 2 unspecified atom stereocenters. The Morgan fingerprint density at radius 1 is 1.30 bits per heavy atom. The fraction of sp³-hybridized carbons (Fsp3) is 0.562. The first-order valence-corrected chi connectivity index (χ1v) is 7.36. The van der Waals surface area contributed by atoms with Gasteiger partial charge in [-0.2, -0.15) is 0 Å². The van der Waals surface area contributed by atoms with E-state index in [2.05, 4.69) is 12.2 Å². The summed E-state index contributed by atoms with van der Waals surface area (Å²) in [6.07, 6.45) is 5.96. The van der Waals surface area contributed by atoms with Crippen molar-refractivity contribution in [3.05, 3.63) is 23.8 Å². The molecule has 0 spiro atoms. The van der Waals surface area contributed by atoms with E-state index in [-0.39, 0.29) is 11.9 Å². The molecule has 0 heterocycles. The van der Waals surface area contributed by atoms with Gasteiger partial charge in [-0.1, -0.05) is 26.2 Å². The number of nitrogen functional groups attached to an aromatic ring is 1. The van der Waals surface area contributed by atoms with Crippen molar-refractivity contribution in [3.8, 4) is 5.75 Å². The molecular weight excluding hydrogens is 252 g/mol. The number of methoxy groups -OCH3 is 1. The van der Waals surface area contributed by atoms with Crippen LogP contribution in [0.4, 0.5) is 5.69 Å². The van der Waals surface area contributed by atoms with Crippen LogP contribution in [0.5, 0.6) is 5.75 Å². The van der Waals surface area contributed by atoms with Crippen LogP contribution in [-0.2, 0) is 0 Å². The van der Waals surface area contributed by atoms with Crippen molar-refractivity contribution in [1.82, 2.24) is 5.32 Å². The quantitative estimate of drug-likeness (QED) is 0.659. The predicted molar refractivity (Wildman–Crippen MR) is 80.9 cm³/mol. The molecule has 110 valence electrons. The van der Waals surface area contributed by atoms with E-state index in [9.17, 15) is 4.79 Å². The van der Waals surface area contributed by atoms with Gasteiger partial charge in [0, 0.05) is 17.8 Å². The molecule has 3 N–H and O–H groups in total. The highest BCUT2D eigenvalue weighted by Gasteiger charge is 2.23. The normalized spacial score (nSPS) is 22.9. The molecule has 1 amide bonds. The van der Waals surface area contributed by atoms with E-state index in [0.29, 0.717) is 22.9 Å². The maximum atomic E-state index is 12.4. The van der Waals surface area contributed by atoms with E-state index in [4.69, 9.17) is 10.5 Å². The number of nitrogens with two attached hydrogens (primary N) is 1. The van der Waals surface area contributed by atoms with Crippen molar-refractivity contribution < 1.29 is 9.53 Å². The Bertz CT molecular complexity index is 474. The number of hydrogen-bond acceptors (Lipinski definition) is 3. The van der Waals surface area contributed by atoms with Crippen molar-refractivity contribution in [3.63, 3.8) is 0 Å². The first-order chi connectivity index (χ1) is 9.61. The molecule has 1 aromatic carbocycles. The highest BCUT2D eigenvalue weighted by Crippen LogP contribution is 2.25. The van der Waals surface area contributed by atoms with E-state index in [1.54, 1.807) is 25.3 Å². The van der Waals surface area contributed by atoms with Crippen LogP contribution in [0.1, 0.15) is 49.4 Å².